The van der Waals surface area contributed by atoms with E-state index in [1.54, 1.807) is 0 Å². The summed E-state index contributed by atoms with van der Waals surface area (Å²) in [5, 5.41) is 0.981. The molecule has 1 saturated carbocycles. The zero-order valence-corrected chi connectivity index (χ0v) is 11.3. The van der Waals surface area contributed by atoms with Crippen molar-refractivity contribution in [3.05, 3.63) is 12.2 Å². The van der Waals surface area contributed by atoms with Crippen molar-refractivity contribution in [3.63, 3.8) is 0 Å². The first kappa shape index (κ1) is 12.2. The minimum atomic E-state index is -0.242. The molecule has 0 aromatic heterocycles. The van der Waals surface area contributed by atoms with E-state index in [1.165, 1.54) is 0 Å². The number of fused-ring (bicyclic) bond motifs is 2. The van der Waals surface area contributed by atoms with Crippen LogP contribution < -0.4 is 0 Å². The van der Waals surface area contributed by atoms with Crippen LogP contribution in [-0.2, 0) is 9.53 Å². The molecule has 0 aromatic rings. The molecule has 3 heteroatoms. The monoisotopic (exact) mass is 286 g/mol. The van der Waals surface area contributed by atoms with E-state index in [0.29, 0.717) is 18.4 Å². The fourth-order valence-electron chi connectivity index (χ4n) is 2.86. The van der Waals surface area contributed by atoms with Gasteiger partial charge >= 0.3 is 5.97 Å². The zero-order chi connectivity index (χ0) is 11.6. The second kappa shape index (κ2) is 4.91. The predicted molar refractivity (Wildman–Crippen MR) is 67.4 cm³/mol. The van der Waals surface area contributed by atoms with Crippen molar-refractivity contribution >= 4 is 21.9 Å². The Labute approximate surface area is 106 Å². The Bertz CT molecular complexity index is 300. The van der Waals surface area contributed by atoms with Gasteiger partial charge < -0.3 is 4.74 Å². The van der Waals surface area contributed by atoms with Crippen molar-refractivity contribution in [2.24, 2.45) is 17.3 Å². The van der Waals surface area contributed by atoms with E-state index in [1.807, 2.05) is 0 Å². The molecule has 0 N–H and O–H groups in total. The summed E-state index contributed by atoms with van der Waals surface area (Å²) in [6.07, 6.45) is 8.60. The molecule has 2 aliphatic carbocycles. The number of carbonyl (C=O) groups excluding carboxylic acids is 1. The van der Waals surface area contributed by atoms with E-state index >= 15 is 0 Å². The zero-order valence-electron chi connectivity index (χ0n) is 9.75. The molecule has 90 valence electrons. The molecule has 0 spiro atoms. The maximum atomic E-state index is 12.1. The SMILES string of the molecule is CC1(C(=O)OCCCCBr)CC2C=CC1C2. The first-order chi connectivity index (χ1) is 7.66. The molecule has 0 radical (unpaired) electrons. The maximum Gasteiger partial charge on any atom is 0.312 e. The number of esters is 1. The molecule has 0 amide bonds. The van der Waals surface area contributed by atoms with E-state index in [-0.39, 0.29) is 11.4 Å². The third-order valence-corrected chi connectivity index (χ3v) is 4.47. The first-order valence-electron chi connectivity index (χ1n) is 6.08. The number of alkyl halides is 1. The lowest BCUT2D eigenvalue weighted by Gasteiger charge is -2.28. The lowest BCUT2D eigenvalue weighted by Crippen LogP contribution is -2.34. The largest absolute Gasteiger partial charge is 0.465 e. The number of hydrogen-bond donors (Lipinski definition) is 0. The number of rotatable bonds is 5. The lowest BCUT2D eigenvalue weighted by molar-refractivity contribution is -0.156. The third-order valence-electron chi connectivity index (χ3n) is 3.90. The lowest BCUT2D eigenvalue weighted by atomic mass is 9.78. The Morgan fingerprint density at radius 1 is 1.50 bits per heavy atom. The van der Waals surface area contributed by atoms with Crippen molar-refractivity contribution in [2.45, 2.75) is 32.6 Å². The number of allylic oxidation sites excluding steroid dienone is 2. The van der Waals surface area contributed by atoms with Crippen molar-refractivity contribution < 1.29 is 9.53 Å². The topological polar surface area (TPSA) is 26.3 Å². The summed E-state index contributed by atoms with van der Waals surface area (Å²) in [5.74, 6) is 1.05. The van der Waals surface area contributed by atoms with Crippen LogP contribution in [-0.4, -0.2) is 17.9 Å². The summed E-state index contributed by atoms with van der Waals surface area (Å²) in [4.78, 5) is 12.1. The fourth-order valence-corrected chi connectivity index (χ4v) is 3.25. The molecule has 3 unspecified atom stereocenters. The molecule has 16 heavy (non-hydrogen) atoms. The van der Waals surface area contributed by atoms with Crippen LogP contribution in [0, 0.1) is 17.3 Å². The van der Waals surface area contributed by atoms with Gasteiger partial charge in [0.1, 0.15) is 0 Å². The van der Waals surface area contributed by atoms with Crippen LogP contribution >= 0.6 is 15.9 Å². The quantitative estimate of drug-likeness (QED) is 0.335. The van der Waals surface area contributed by atoms with Crippen LogP contribution in [0.4, 0.5) is 0 Å². The summed E-state index contributed by atoms with van der Waals surface area (Å²) in [5.41, 5.74) is -0.242. The average molecular weight is 287 g/mol. The van der Waals surface area contributed by atoms with Crippen LogP contribution in [0.3, 0.4) is 0 Å². The molecule has 0 aliphatic heterocycles. The van der Waals surface area contributed by atoms with Gasteiger partial charge in [0, 0.05) is 5.33 Å². The molecule has 2 aliphatic rings. The first-order valence-corrected chi connectivity index (χ1v) is 7.20. The number of ether oxygens (including phenoxy) is 1. The molecule has 1 fully saturated rings. The standard InChI is InChI=1S/C13H19BrO2/c1-13(9-10-4-5-11(13)8-10)12(15)16-7-3-2-6-14/h4-5,10-11H,2-3,6-9H2,1H3. The molecule has 3 atom stereocenters. The Balaban J connectivity index is 1.83. The summed E-state index contributed by atoms with van der Waals surface area (Å²) in [6.45, 7) is 2.63. The van der Waals surface area contributed by atoms with E-state index in [2.05, 4.69) is 35.0 Å². The van der Waals surface area contributed by atoms with Crippen LogP contribution in [0.2, 0.25) is 0 Å². The molecule has 0 aromatic carbocycles. The Morgan fingerprint density at radius 2 is 2.31 bits per heavy atom. The molecule has 0 heterocycles. The highest BCUT2D eigenvalue weighted by Gasteiger charge is 2.50. The van der Waals surface area contributed by atoms with Gasteiger partial charge in [-0.25, -0.2) is 0 Å². The minimum absolute atomic E-state index is 0.0129. The maximum absolute atomic E-state index is 12.1. The molecule has 0 saturated heterocycles. The third kappa shape index (κ3) is 2.20. The Morgan fingerprint density at radius 3 is 2.88 bits per heavy atom. The number of unbranched alkanes of at least 4 members (excludes halogenated alkanes) is 1. The van der Waals surface area contributed by atoms with Gasteiger partial charge in [0.2, 0.25) is 0 Å². The van der Waals surface area contributed by atoms with Gasteiger partial charge in [-0.05, 0) is 44.4 Å². The van der Waals surface area contributed by atoms with Gasteiger partial charge in [-0.2, -0.15) is 0 Å². The van der Waals surface area contributed by atoms with Crippen molar-refractivity contribution in [2.75, 3.05) is 11.9 Å². The summed E-state index contributed by atoms with van der Waals surface area (Å²) in [7, 11) is 0. The van der Waals surface area contributed by atoms with Crippen LogP contribution in [0.15, 0.2) is 12.2 Å². The van der Waals surface area contributed by atoms with Crippen molar-refractivity contribution in [1.82, 2.24) is 0 Å². The van der Waals surface area contributed by atoms with Crippen molar-refractivity contribution in [3.8, 4) is 0 Å². The molecule has 2 nitrogen and oxygen atoms in total. The van der Waals surface area contributed by atoms with Crippen LogP contribution in [0.5, 0.6) is 0 Å². The van der Waals surface area contributed by atoms with Gasteiger partial charge in [0.05, 0.1) is 12.0 Å². The van der Waals surface area contributed by atoms with Crippen LogP contribution in [0.1, 0.15) is 32.6 Å². The normalized spacial score (nSPS) is 35.6. The van der Waals surface area contributed by atoms with Gasteiger partial charge in [-0.3, -0.25) is 4.79 Å². The number of halogens is 1. The summed E-state index contributed by atoms with van der Waals surface area (Å²) >= 11 is 3.37. The van der Waals surface area contributed by atoms with Gasteiger partial charge in [0.15, 0.2) is 0 Å². The van der Waals surface area contributed by atoms with Gasteiger partial charge in [0.25, 0.3) is 0 Å². The van der Waals surface area contributed by atoms with Gasteiger partial charge in [-0.1, -0.05) is 28.1 Å². The predicted octanol–water partition coefficient (Wildman–Crippen LogP) is 3.31. The van der Waals surface area contributed by atoms with E-state index < -0.39 is 0 Å². The van der Waals surface area contributed by atoms with E-state index in [0.717, 1.165) is 31.0 Å². The summed E-state index contributed by atoms with van der Waals surface area (Å²) in [6, 6.07) is 0. The number of hydrogen-bond acceptors (Lipinski definition) is 2. The highest BCUT2D eigenvalue weighted by Crippen LogP contribution is 2.52. The summed E-state index contributed by atoms with van der Waals surface area (Å²) < 4.78 is 5.39. The Hall–Kier alpha value is -0.310. The van der Waals surface area contributed by atoms with Crippen molar-refractivity contribution in [1.29, 1.82) is 0 Å². The second-order valence-electron chi connectivity index (χ2n) is 5.14. The van der Waals surface area contributed by atoms with E-state index in [9.17, 15) is 4.79 Å². The average Bonchev–Trinajstić information content (AvgIpc) is 2.84. The molecular formula is C13H19BrO2. The minimum Gasteiger partial charge on any atom is -0.465 e. The molecule has 2 bridgehead atoms. The molecular weight excluding hydrogens is 268 g/mol. The second-order valence-corrected chi connectivity index (χ2v) is 5.93. The van der Waals surface area contributed by atoms with Crippen LogP contribution in [0.25, 0.3) is 0 Å². The highest BCUT2D eigenvalue weighted by atomic mass is 79.9. The molecule has 2 rings (SSSR count). The fraction of sp³-hybridized carbons (Fsp3) is 0.769. The smallest absolute Gasteiger partial charge is 0.312 e. The number of carbonyl (C=O) groups is 1. The van der Waals surface area contributed by atoms with E-state index in [4.69, 9.17) is 4.74 Å². The highest BCUT2D eigenvalue weighted by molar-refractivity contribution is 9.09. The van der Waals surface area contributed by atoms with Gasteiger partial charge in [-0.15, -0.1) is 0 Å². The Kier molecular flexibility index (Phi) is 3.73.